The third kappa shape index (κ3) is 4.47. The summed E-state index contributed by atoms with van der Waals surface area (Å²) >= 11 is 6.58. The molecule has 5 rings (SSSR count). The molecule has 9 nitrogen and oxygen atoms in total. The molecule has 3 N–H and O–H groups in total. The van der Waals surface area contributed by atoms with Crippen molar-refractivity contribution in [2.75, 3.05) is 50.9 Å². The molecule has 0 saturated carbocycles. The Labute approximate surface area is 197 Å². The van der Waals surface area contributed by atoms with Crippen molar-refractivity contribution in [2.45, 2.75) is 0 Å². The Bertz CT molecular complexity index is 1290. The molecule has 1 aliphatic heterocycles. The fraction of sp³-hybridized carbons (Fsp3) is 0.304. The molecule has 1 aliphatic rings. The maximum Gasteiger partial charge on any atom is 0.170 e. The highest BCUT2D eigenvalue weighted by atomic mass is 35.5. The molecular weight excluding hydrogens is 438 g/mol. The Balaban J connectivity index is 1.56. The summed E-state index contributed by atoms with van der Waals surface area (Å²) in [6.45, 7) is 4.70. The van der Waals surface area contributed by atoms with Gasteiger partial charge in [0.05, 0.1) is 17.2 Å². The van der Waals surface area contributed by atoms with E-state index in [9.17, 15) is 0 Å². The molecule has 0 aliphatic carbocycles. The minimum atomic E-state index is 0.335. The van der Waals surface area contributed by atoms with Gasteiger partial charge in [0.25, 0.3) is 0 Å². The van der Waals surface area contributed by atoms with E-state index < -0.39 is 0 Å². The first-order valence-electron chi connectivity index (χ1n) is 10.8. The summed E-state index contributed by atoms with van der Waals surface area (Å²) < 4.78 is 1.73. The lowest BCUT2D eigenvalue weighted by atomic mass is 10.0. The number of pyridine rings is 1. The van der Waals surface area contributed by atoms with Crippen LogP contribution in [0.5, 0.6) is 0 Å². The summed E-state index contributed by atoms with van der Waals surface area (Å²) in [5, 5.41) is 9.39. The number of nitrogens with one attached hydrogen (secondary N) is 1. The van der Waals surface area contributed by atoms with E-state index in [0.29, 0.717) is 40.4 Å². The van der Waals surface area contributed by atoms with Gasteiger partial charge >= 0.3 is 0 Å². The van der Waals surface area contributed by atoms with Gasteiger partial charge in [0.1, 0.15) is 17.1 Å². The topological polar surface area (TPSA) is 101 Å². The lowest BCUT2D eigenvalue weighted by Crippen LogP contribution is -2.46. The molecule has 0 unspecified atom stereocenters. The molecular formula is C23H26ClN9. The highest BCUT2D eigenvalue weighted by Gasteiger charge is 2.20. The second-order valence-corrected chi connectivity index (χ2v) is 8.73. The number of nitrogens with zero attached hydrogens (tertiary/aromatic N) is 7. The van der Waals surface area contributed by atoms with E-state index in [0.717, 1.165) is 42.6 Å². The molecule has 1 fully saturated rings. The fourth-order valence-electron chi connectivity index (χ4n) is 3.98. The van der Waals surface area contributed by atoms with Crippen LogP contribution in [0.3, 0.4) is 0 Å². The first-order valence-corrected chi connectivity index (χ1v) is 11.2. The second-order valence-electron chi connectivity index (χ2n) is 8.32. The number of likely N-dealkylation sites (N-methyl/N-ethyl adjacent to an activating group) is 1. The van der Waals surface area contributed by atoms with Crippen molar-refractivity contribution >= 4 is 34.1 Å². The largest absolute Gasteiger partial charge is 0.381 e. The van der Waals surface area contributed by atoms with Crippen LogP contribution >= 0.6 is 11.6 Å². The van der Waals surface area contributed by atoms with Gasteiger partial charge in [-0.05, 0) is 31.3 Å². The second kappa shape index (κ2) is 8.93. The number of aryl methyl sites for hydroxylation is 1. The fourth-order valence-corrected chi connectivity index (χ4v) is 4.25. The summed E-state index contributed by atoms with van der Waals surface area (Å²) in [6, 6.07) is 9.66. The zero-order valence-electron chi connectivity index (χ0n) is 18.7. The van der Waals surface area contributed by atoms with Crippen LogP contribution in [0.1, 0.15) is 0 Å². The number of piperazine rings is 1. The smallest absolute Gasteiger partial charge is 0.170 e. The zero-order chi connectivity index (χ0) is 22.9. The quantitative estimate of drug-likeness (QED) is 0.466. The van der Waals surface area contributed by atoms with E-state index in [2.05, 4.69) is 32.2 Å². The number of halogens is 1. The summed E-state index contributed by atoms with van der Waals surface area (Å²) in [7, 11) is 4.01. The molecule has 0 spiro atoms. The molecule has 0 bridgehead atoms. The van der Waals surface area contributed by atoms with Crippen molar-refractivity contribution in [1.29, 1.82) is 0 Å². The number of hydrogen-bond donors (Lipinski definition) is 2. The number of benzene rings is 1. The van der Waals surface area contributed by atoms with Gasteiger partial charge in [-0.15, -0.1) is 0 Å². The minimum Gasteiger partial charge on any atom is -0.381 e. The summed E-state index contributed by atoms with van der Waals surface area (Å²) in [5.74, 6) is 0.882. The SMILES string of the molecule is CN1CCN(CNc2nc(-c3cc(Cl)c4ncccc4c3)c(-c3ccn(C)n3)nc2N)CC1. The van der Waals surface area contributed by atoms with Crippen molar-refractivity contribution in [2.24, 2.45) is 7.05 Å². The molecule has 0 atom stereocenters. The van der Waals surface area contributed by atoms with Crippen LogP contribution < -0.4 is 11.1 Å². The van der Waals surface area contributed by atoms with Crippen LogP contribution in [0.4, 0.5) is 11.6 Å². The maximum absolute atomic E-state index is 6.58. The molecule has 3 aromatic heterocycles. The lowest BCUT2D eigenvalue weighted by Gasteiger charge is -2.32. The monoisotopic (exact) mass is 463 g/mol. The predicted molar refractivity (Wildman–Crippen MR) is 132 cm³/mol. The lowest BCUT2D eigenvalue weighted by molar-refractivity contribution is 0.162. The third-order valence-corrected chi connectivity index (χ3v) is 6.16. The van der Waals surface area contributed by atoms with Gasteiger partial charge < -0.3 is 16.0 Å². The number of nitrogens with two attached hydrogens (primary N) is 1. The Morgan fingerprint density at radius 2 is 1.88 bits per heavy atom. The normalized spacial score (nSPS) is 15.2. The van der Waals surface area contributed by atoms with Gasteiger partial charge in [-0.3, -0.25) is 14.6 Å². The van der Waals surface area contributed by atoms with Crippen molar-refractivity contribution in [1.82, 2.24) is 34.5 Å². The van der Waals surface area contributed by atoms with Gasteiger partial charge in [0.2, 0.25) is 0 Å². The number of aromatic nitrogens is 5. The standard InChI is InChI=1S/C23H26ClN9/c1-31-8-10-33(11-9-31)14-27-23-22(25)28-21(18-5-7-32(2)30-18)20(29-23)16-12-15-4-3-6-26-19(15)17(24)13-16/h3-7,12-13H,8-11,14H2,1-2H3,(H2,25,28)(H,27,29). The number of rotatable bonds is 5. The highest BCUT2D eigenvalue weighted by Crippen LogP contribution is 2.35. The summed E-state index contributed by atoms with van der Waals surface area (Å²) in [6.07, 6.45) is 3.60. The van der Waals surface area contributed by atoms with E-state index in [1.54, 1.807) is 10.9 Å². The molecule has 0 amide bonds. The van der Waals surface area contributed by atoms with Crippen molar-refractivity contribution in [3.8, 4) is 22.6 Å². The zero-order valence-corrected chi connectivity index (χ0v) is 19.4. The molecule has 0 radical (unpaired) electrons. The number of hydrogen-bond acceptors (Lipinski definition) is 8. The van der Waals surface area contributed by atoms with E-state index in [-0.39, 0.29) is 0 Å². The van der Waals surface area contributed by atoms with Crippen molar-refractivity contribution < 1.29 is 0 Å². The van der Waals surface area contributed by atoms with Gasteiger partial charge in [-0.25, -0.2) is 9.97 Å². The Hall–Kier alpha value is -3.27. The minimum absolute atomic E-state index is 0.335. The first-order chi connectivity index (χ1) is 16.0. The van der Waals surface area contributed by atoms with E-state index >= 15 is 0 Å². The van der Waals surface area contributed by atoms with Crippen molar-refractivity contribution in [3.05, 3.63) is 47.7 Å². The number of fused-ring (bicyclic) bond motifs is 1. The Morgan fingerprint density at radius 1 is 1.06 bits per heavy atom. The molecule has 1 saturated heterocycles. The van der Waals surface area contributed by atoms with Crippen LogP contribution in [-0.4, -0.2) is 74.4 Å². The van der Waals surface area contributed by atoms with Gasteiger partial charge in [0.15, 0.2) is 11.6 Å². The third-order valence-electron chi connectivity index (χ3n) is 5.88. The average Bonchev–Trinajstić information content (AvgIpc) is 3.25. The molecule has 4 heterocycles. The van der Waals surface area contributed by atoms with Crippen LogP contribution in [0.25, 0.3) is 33.5 Å². The van der Waals surface area contributed by atoms with Gasteiger partial charge in [0, 0.05) is 56.6 Å². The molecule has 10 heteroatoms. The summed E-state index contributed by atoms with van der Waals surface area (Å²) in [4.78, 5) is 18.7. The number of nitrogen functional groups attached to an aromatic ring is 1. The molecule has 1 aromatic carbocycles. The Morgan fingerprint density at radius 3 is 2.64 bits per heavy atom. The molecule has 33 heavy (non-hydrogen) atoms. The summed E-state index contributed by atoms with van der Waals surface area (Å²) in [5.41, 5.74) is 9.88. The maximum atomic E-state index is 6.58. The van der Waals surface area contributed by atoms with Crippen LogP contribution in [0, 0.1) is 0 Å². The van der Waals surface area contributed by atoms with Gasteiger partial charge in [-0.1, -0.05) is 17.7 Å². The number of anilines is 2. The van der Waals surface area contributed by atoms with Crippen LogP contribution in [0.2, 0.25) is 5.02 Å². The molecule has 170 valence electrons. The predicted octanol–water partition coefficient (Wildman–Crippen LogP) is 2.94. The van der Waals surface area contributed by atoms with Gasteiger partial charge in [-0.2, -0.15) is 5.10 Å². The van der Waals surface area contributed by atoms with E-state index in [4.69, 9.17) is 27.3 Å². The Kier molecular flexibility index (Phi) is 5.84. The first kappa shape index (κ1) is 21.6. The van der Waals surface area contributed by atoms with Crippen LogP contribution in [-0.2, 0) is 7.05 Å². The van der Waals surface area contributed by atoms with E-state index in [1.807, 2.05) is 43.6 Å². The molecule has 4 aromatic rings. The highest BCUT2D eigenvalue weighted by molar-refractivity contribution is 6.35. The van der Waals surface area contributed by atoms with Crippen molar-refractivity contribution in [3.63, 3.8) is 0 Å². The van der Waals surface area contributed by atoms with Crippen LogP contribution in [0.15, 0.2) is 42.7 Å². The van der Waals surface area contributed by atoms with E-state index in [1.165, 1.54) is 0 Å². The average molecular weight is 464 g/mol.